The molecule has 1 fully saturated rings. The summed E-state index contributed by atoms with van der Waals surface area (Å²) in [5.74, 6) is -0.687. The summed E-state index contributed by atoms with van der Waals surface area (Å²) < 4.78 is 5.24. The summed E-state index contributed by atoms with van der Waals surface area (Å²) >= 11 is 0. The molecule has 156 valence electrons. The first-order valence-corrected chi connectivity index (χ1v) is 9.86. The molecule has 0 unspecified atom stereocenters. The van der Waals surface area contributed by atoms with Crippen LogP contribution in [0.15, 0.2) is 72.4 Å². The molecule has 0 radical (unpaired) electrons. The summed E-state index contributed by atoms with van der Waals surface area (Å²) in [5.41, 5.74) is 2.97. The molecule has 1 saturated heterocycles. The summed E-state index contributed by atoms with van der Waals surface area (Å²) in [6, 6.07) is 17.0. The Kier molecular flexibility index (Phi) is 5.29. The molecule has 4 rings (SSSR count). The van der Waals surface area contributed by atoms with Gasteiger partial charge in [-0.15, -0.1) is 0 Å². The Morgan fingerprint density at radius 3 is 2.42 bits per heavy atom. The number of hydrogen-bond donors (Lipinski definition) is 1. The smallest absolute Gasteiger partial charge is 0.301 e. The number of ether oxygens (including phenoxy) is 1. The van der Waals surface area contributed by atoms with Crippen LogP contribution in [-0.2, 0) is 9.59 Å². The van der Waals surface area contributed by atoms with Crippen molar-refractivity contribution in [2.45, 2.75) is 19.9 Å². The van der Waals surface area contributed by atoms with Crippen LogP contribution in [0.2, 0.25) is 0 Å². The number of carbonyl (C=O) groups excluding carboxylic acids is 2. The van der Waals surface area contributed by atoms with Crippen LogP contribution in [0, 0.1) is 13.8 Å². The average molecular weight is 414 g/mol. The zero-order valence-corrected chi connectivity index (χ0v) is 17.5. The summed E-state index contributed by atoms with van der Waals surface area (Å²) in [6.07, 6.45) is 1.56. The van der Waals surface area contributed by atoms with Gasteiger partial charge in [-0.25, -0.2) is 4.98 Å². The third kappa shape index (κ3) is 3.57. The lowest BCUT2D eigenvalue weighted by Crippen LogP contribution is -2.30. The molecule has 1 aliphatic heterocycles. The van der Waals surface area contributed by atoms with Crippen LogP contribution in [0.1, 0.15) is 28.3 Å². The molecule has 31 heavy (non-hydrogen) atoms. The molecule has 1 aromatic heterocycles. The Bertz CT molecular complexity index is 1180. The van der Waals surface area contributed by atoms with E-state index in [0.717, 1.165) is 11.1 Å². The number of aliphatic hydroxyl groups is 1. The van der Waals surface area contributed by atoms with E-state index >= 15 is 0 Å². The number of benzene rings is 2. The molecule has 2 aromatic carbocycles. The third-order valence-electron chi connectivity index (χ3n) is 5.42. The number of Topliss-reactive ketones (excluding diaryl/α,β-unsaturated/α-hetero) is 1. The Balaban J connectivity index is 1.96. The standard InChI is InChI=1S/C25H22N2O4/c1-15-7-8-16(2)19(14-15)23(28)21-22(17-9-11-18(31-3)12-10-17)27(25(30)24(21)29)20-6-4-5-13-26-20/h4-14,22,28H,1-3H3/t22-/m1/s1. The fourth-order valence-corrected chi connectivity index (χ4v) is 3.80. The second-order valence-corrected chi connectivity index (χ2v) is 7.45. The van der Waals surface area contributed by atoms with E-state index in [1.165, 1.54) is 4.90 Å². The second kappa shape index (κ2) is 8.07. The van der Waals surface area contributed by atoms with Gasteiger partial charge < -0.3 is 9.84 Å². The number of aryl methyl sites for hydroxylation is 2. The van der Waals surface area contributed by atoms with Crippen molar-refractivity contribution in [2.75, 3.05) is 12.0 Å². The molecular formula is C25H22N2O4. The lowest BCUT2D eigenvalue weighted by atomic mass is 9.93. The van der Waals surface area contributed by atoms with Gasteiger partial charge in [0.15, 0.2) is 0 Å². The van der Waals surface area contributed by atoms with E-state index in [1.807, 2.05) is 32.0 Å². The number of nitrogens with zero attached hydrogens (tertiary/aromatic N) is 2. The second-order valence-electron chi connectivity index (χ2n) is 7.45. The van der Waals surface area contributed by atoms with Crippen molar-refractivity contribution in [3.63, 3.8) is 0 Å². The highest BCUT2D eigenvalue weighted by Gasteiger charge is 2.47. The topological polar surface area (TPSA) is 79.7 Å². The molecule has 0 saturated carbocycles. The van der Waals surface area contributed by atoms with Crippen molar-refractivity contribution in [1.82, 2.24) is 4.98 Å². The SMILES string of the molecule is COc1ccc([C@@H]2C(=C(O)c3cc(C)ccc3C)C(=O)C(=O)N2c2ccccn2)cc1. The van der Waals surface area contributed by atoms with E-state index in [-0.39, 0.29) is 11.3 Å². The van der Waals surface area contributed by atoms with Gasteiger partial charge in [-0.3, -0.25) is 14.5 Å². The lowest BCUT2D eigenvalue weighted by Gasteiger charge is -2.24. The minimum atomic E-state index is -0.819. The monoisotopic (exact) mass is 414 g/mol. The highest BCUT2D eigenvalue weighted by molar-refractivity contribution is 6.51. The number of aliphatic hydroxyl groups excluding tert-OH is 1. The molecule has 1 amide bonds. The van der Waals surface area contributed by atoms with Crippen molar-refractivity contribution in [3.05, 3.63) is 94.7 Å². The highest BCUT2D eigenvalue weighted by atomic mass is 16.5. The predicted molar refractivity (Wildman–Crippen MR) is 118 cm³/mol. The number of hydrogen-bond acceptors (Lipinski definition) is 5. The first-order valence-electron chi connectivity index (χ1n) is 9.86. The normalized spacial score (nSPS) is 17.8. The number of ketones is 1. The predicted octanol–water partition coefficient (Wildman–Crippen LogP) is 4.33. The maximum Gasteiger partial charge on any atom is 0.301 e. The lowest BCUT2D eigenvalue weighted by molar-refractivity contribution is -0.132. The van der Waals surface area contributed by atoms with Gasteiger partial charge in [-0.2, -0.15) is 0 Å². The van der Waals surface area contributed by atoms with Gasteiger partial charge >= 0.3 is 5.91 Å². The fourth-order valence-electron chi connectivity index (χ4n) is 3.80. The van der Waals surface area contributed by atoms with Crippen LogP contribution in [0.3, 0.4) is 0 Å². The highest BCUT2D eigenvalue weighted by Crippen LogP contribution is 2.42. The summed E-state index contributed by atoms with van der Waals surface area (Å²) in [4.78, 5) is 31.8. The first-order chi connectivity index (χ1) is 14.9. The zero-order chi connectivity index (χ0) is 22.1. The number of amides is 1. The maximum absolute atomic E-state index is 13.1. The van der Waals surface area contributed by atoms with E-state index in [1.54, 1.807) is 55.8 Å². The van der Waals surface area contributed by atoms with E-state index in [4.69, 9.17) is 4.74 Å². The largest absolute Gasteiger partial charge is 0.507 e. The van der Waals surface area contributed by atoms with Gasteiger partial charge in [-0.05, 0) is 55.3 Å². The molecule has 0 spiro atoms. The molecule has 1 N–H and O–H groups in total. The Labute approximate surface area is 180 Å². The maximum atomic E-state index is 13.1. The molecular weight excluding hydrogens is 392 g/mol. The van der Waals surface area contributed by atoms with Gasteiger partial charge in [0.25, 0.3) is 5.78 Å². The summed E-state index contributed by atoms with van der Waals surface area (Å²) in [5, 5.41) is 11.2. The molecule has 3 aromatic rings. The van der Waals surface area contributed by atoms with Crippen LogP contribution in [0.25, 0.3) is 5.76 Å². The van der Waals surface area contributed by atoms with Crippen LogP contribution in [-0.4, -0.2) is 28.9 Å². The number of pyridine rings is 1. The molecule has 6 heteroatoms. The number of rotatable bonds is 4. The van der Waals surface area contributed by atoms with Crippen LogP contribution >= 0.6 is 0 Å². The Morgan fingerprint density at radius 2 is 1.77 bits per heavy atom. The van der Waals surface area contributed by atoms with Gasteiger partial charge in [0, 0.05) is 11.8 Å². The summed E-state index contributed by atoms with van der Waals surface area (Å²) in [6.45, 7) is 3.76. The van der Waals surface area contributed by atoms with E-state index in [0.29, 0.717) is 22.7 Å². The van der Waals surface area contributed by atoms with Gasteiger partial charge in [0.05, 0.1) is 18.7 Å². The zero-order valence-electron chi connectivity index (χ0n) is 17.5. The fraction of sp³-hybridized carbons (Fsp3) is 0.160. The van der Waals surface area contributed by atoms with Crippen LogP contribution in [0.5, 0.6) is 5.75 Å². The Morgan fingerprint density at radius 1 is 1.03 bits per heavy atom. The van der Waals surface area contributed by atoms with Crippen molar-refractivity contribution in [2.24, 2.45) is 0 Å². The first kappa shape index (κ1) is 20.3. The minimum Gasteiger partial charge on any atom is -0.507 e. The average Bonchev–Trinajstić information content (AvgIpc) is 3.06. The molecule has 0 aliphatic carbocycles. The van der Waals surface area contributed by atoms with Crippen molar-refractivity contribution in [3.8, 4) is 5.75 Å². The van der Waals surface area contributed by atoms with Crippen molar-refractivity contribution < 1.29 is 19.4 Å². The number of carbonyl (C=O) groups is 2. The number of aromatic nitrogens is 1. The minimum absolute atomic E-state index is 0.0366. The van der Waals surface area contributed by atoms with Crippen molar-refractivity contribution in [1.29, 1.82) is 0 Å². The molecule has 0 bridgehead atoms. The molecule has 6 nitrogen and oxygen atoms in total. The van der Waals surface area contributed by atoms with Crippen molar-refractivity contribution >= 4 is 23.3 Å². The van der Waals surface area contributed by atoms with E-state index in [9.17, 15) is 14.7 Å². The summed E-state index contributed by atoms with van der Waals surface area (Å²) in [7, 11) is 1.56. The number of anilines is 1. The van der Waals surface area contributed by atoms with E-state index < -0.39 is 17.7 Å². The van der Waals surface area contributed by atoms with Crippen LogP contribution < -0.4 is 9.64 Å². The molecule has 2 heterocycles. The van der Waals surface area contributed by atoms with E-state index in [2.05, 4.69) is 4.98 Å². The Hall–Kier alpha value is -3.93. The van der Waals surface area contributed by atoms with Gasteiger partial charge in [0.1, 0.15) is 17.3 Å². The van der Waals surface area contributed by atoms with Gasteiger partial charge in [-0.1, -0.05) is 35.9 Å². The molecule has 1 atom stereocenters. The quantitative estimate of drug-likeness (QED) is 0.390. The number of methoxy groups -OCH3 is 1. The molecule has 1 aliphatic rings. The van der Waals surface area contributed by atoms with Gasteiger partial charge in [0.2, 0.25) is 0 Å². The van der Waals surface area contributed by atoms with Crippen LogP contribution in [0.4, 0.5) is 5.82 Å². The third-order valence-corrected chi connectivity index (χ3v) is 5.42.